The van der Waals surface area contributed by atoms with Gasteiger partial charge in [0.2, 0.25) is 0 Å². The van der Waals surface area contributed by atoms with Gasteiger partial charge in [0.1, 0.15) is 0 Å². The molecular formula is C12H15F3N2O3S. The van der Waals surface area contributed by atoms with Crippen LogP contribution in [0.4, 0.5) is 23.7 Å². The van der Waals surface area contributed by atoms with Gasteiger partial charge >= 0.3 is 11.5 Å². The van der Waals surface area contributed by atoms with Gasteiger partial charge in [0, 0.05) is 24.8 Å². The SMILES string of the molecule is COC(CNC(=O)Nc1cccc(SC(F)(F)F)c1)OC. The molecular weight excluding hydrogens is 309 g/mol. The third-order valence-electron chi connectivity index (χ3n) is 2.28. The number of benzene rings is 1. The number of ether oxygens (including phenoxy) is 2. The molecule has 0 heterocycles. The van der Waals surface area contributed by atoms with E-state index in [0.717, 1.165) is 0 Å². The van der Waals surface area contributed by atoms with E-state index in [1.165, 1.54) is 38.5 Å². The van der Waals surface area contributed by atoms with Gasteiger partial charge in [0.25, 0.3) is 0 Å². The Kier molecular flexibility index (Phi) is 6.79. The second-order valence-corrected chi connectivity index (χ2v) is 4.95. The van der Waals surface area contributed by atoms with E-state index < -0.39 is 17.8 Å². The fraction of sp³-hybridized carbons (Fsp3) is 0.417. The van der Waals surface area contributed by atoms with E-state index in [9.17, 15) is 18.0 Å². The van der Waals surface area contributed by atoms with Crippen LogP contribution in [0.5, 0.6) is 0 Å². The highest BCUT2D eigenvalue weighted by molar-refractivity contribution is 8.00. The van der Waals surface area contributed by atoms with E-state index >= 15 is 0 Å². The molecule has 5 nitrogen and oxygen atoms in total. The lowest BCUT2D eigenvalue weighted by Crippen LogP contribution is -2.36. The average molecular weight is 324 g/mol. The van der Waals surface area contributed by atoms with E-state index in [-0.39, 0.29) is 28.9 Å². The number of anilines is 1. The summed E-state index contributed by atoms with van der Waals surface area (Å²) in [4.78, 5) is 11.6. The highest BCUT2D eigenvalue weighted by Gasteiger charge is 2.29. The molecule has 0 saturated carbocycles. The summed E-state index contributed by atoms with van der Waals surface area (Å²) in [5, 5.41) is 4.90. The zero-order chi connectivity index (χ0) is 15.9. The lowest BCUT2D eigenvalue weighted by Gasteiger charge is -2.14. The summed E-state index contributed by atoms with van der Waals surface area (Å²) >= 11 is -0.244. The number of carbonyl (C=O) groups is 1. The van der Waals surface area contributed by atoms with Crippen LogP contribution < -0.4 is 10.6 Å². The molecule has 0 unspecified atom stereocenters. The standard InChI is InChI=1S/C12H15F3N2O3S/c1-19-10(20-2)7-16-11(18)17-8-4-3-5-9(6-8)21-12(13,14)15/h3-6,10H,7H2,1-2H3,(H2,16,17,18). The van der Waals surface area contributed by atoms with Crippen molar-refractivity contribution in [3.05, 3.63) is 24.3 Å². The minimum Gasteiger partial charge on any atom is -0.354 e. The van der Waals surface area contributed by atoms with Crippen LogP contribution in [0.15, 0.2) is 29.2 Å². The molecule has 0 bridgehead atoms. The van der Waals surface area contributed by atoms with Crippen LogP contribution in [0.2, 0.25) is 0 Å². The predicted octanol–water partition coefficient (Wildman–Crippen LogP) is 3.04. The van der Waals surface area contributed by atoms with Crippen molar-refractivity contribution in [3.8, 4) is 0 Å². The Morgan fingerprint density at radius 1 is 1.33 bits per heavy atom. The van der Waals surface area contributed by atoms with Crippen LogP contribution in [0.1, 0.15) is 0 Å². The summed E-state index contributed by atoms with van der Waals surface area (Å²) in [6.07, 6.45) is -0.595. The van der Waals surface area contributed by atoms with E-state index in [0.29, 0.717) is 0 Å². The second kappa shape index (κ2) is 8.11. The lowest BCUT2D eigenvalue weighted by molar-refractivity contribution is -0.0970. The number of rotatable bonds is 6. The first-order valence-corrected chi connectivity index (χ1v) is 6.62. The van der Waals surface area contributed by atoms with Crippen LogP contribution in [0.3, 0.4) is 0 Å². The van der Waals surface area contributed by atoms with Crippen molar-refractivity contribution in [3.63, 3.8) is 0 Å². The number of thioether (sulfide) groups is 1. The maximum absolute atomic E-state index is 12.3. The molecule has 9 heteroatoms. The maximum Gasteiger partial charge on any atom is 0.446 e. The van der Waals surface area contributed by atoms with Gasteiger partial charge in [0.15, 0.2) is 6.29 Å². The van der Waals surface area contributed by atoms with Crippen molar-refractivity contribution in [2.75, 3.05) is 26.1 Å². The van der Waals surface area contributed by atoms with E-state index in [1.807, 2.05) is 0 Å². The molecule has 0 atom stereocenters. The van der Waals surface area contributed by atoms with Gasteiger partial charge in [0.05, 0.1) is 6.54 Å². The Morgan fingerprint density at radius 3 is 2.57 bits per heavy atom. The minimum absolute atomic E-state index is 0.00744. The number of halogens is 3. The molecule has 1 aromatic carbocycles. The van der Waals surface area contributed by atoms with Gasteiger partial charge in [-0.3, -0.25) is 0 Å². The van der Waals surface area contributed by atoms with Gasteiger partial charge in [-0.2, -0.15) is 13.2 Å². The predicted molar refractivity (Wildman–Crippen MR) is 73.2 cm³/mol. The molecule has 1 aromatic rings. The van der Waals surface area contributed by atoms with E-state index in [4.69, 9.17) is 9.47 Å². The largest absolute Gasteiger partial charge is 0.446 e. The smallest absolute Gasteiger partial charge is 0.354 e. The Bertz CT molecular complexity index is 467. The molecule has 1 rings (SSSR count). The number of carbonyl (C=O) groups excluding carboxylic acids is 1. The first kappa shape index (κ1) is 17.6. The van der Waals surface area contributed by atoms with E-state index in [1.54, 1.807) is 0 Å². The molecule has 0 aliphatic heterocycles. The monoisotopic (exact) mass is 324 g/mol. The average Bonchev–Trinajstić information content (AvgIpc) is 2.38. The molecule has 2 amide bonds. The molecule has 2 N–H and O–H groups in total. The first-order valence-electron chi connectivity index (χ1n) is 5.80. The first-order chi connectivity index (χ1) is 9.84. The van der Waals surface area contributed by atoms with Crippen molar-refractivity contribution in [2.24, 2.45) is 0 Å². The number of alkyl halides is 3. The molecule has 0 aliphatic carbocycles. The van der Waals surface area contributed by atoms with Crippen LogP contribution >= 0.6 is 11.8 Å². The summed E-state index contributed by atoms with van der Waals surface area (Å²) in [5.74, 6) is 0. The van der Waals surface area contributed by atoms with Gasteiger partial charge in [-0.1, -0.05) is 6.07 Å². The Balaban J connectivity index is 2.54. The Labute approximate surface area is 124 Å². The van der Waals surface area contributed by atoms with Crippen molar-refractivity contribution < 1.29 is 27.4 Å². The van der Waals surface area contributed by atoms with Crippen molar-refractivity contribution in [2.45, 2.75) is 16.7 Å². The molecule has 0 aromatic heterocycles. The number of nitrogens with one attached hydrogen (secondary N) is 2. The normalized spacial score (nSPS) is 11.5. The molecule has 0 radical (unpaired) electrons. The highest BCUT2D eigenvalue weighted by Crippen LogP contribution is 2.37. The zero-order valence-electron chi connectivity index (χ0n) is 11.4. The number of hydrogen-bond donors (Lipinski definition) is 2. The minimum atomic E-state index is -4.37. The molecule has 0 aliphatic rings. The fourth-order valence-electron chi connectivity index (χ4n) is 1.39. The van der Waals surface area contributed by atoms with Crippen LogP contribution in [-0.4, -0.2) is 38.6 Å². The topological polar surface area (TPSA) is 59.6 Å². The third-order valence-corrected chi connectivity index (χ3v) is 3.00. The molecule has 0 spiro atoms. The van der Waals surface area contributed by atoms with Crippen LogP contribution in [0, 0.1) is 0 Å². The molecule has 118 valence electrons. The molecule has 21 heavy (non-hydrogen) atoms. The fourth-order valence-corrected chi connectivity index (χ4v) is 1.98. The zero-order valence-corrected chi connectivity index (χ0v) is 12.2. The maximum atomic E-state index is 12.3. The Hall–Kier alpha value is -1.45. The van der Waals surface area contributed by atoms with Gasteiger partial charge in [-0.25, -0.2) is 4.79 Å². The van der Waals surface area contributed by atoms with Crippen molar-refractivity contribution in [1.29, 1.82) is 0 Å². The number of methoxy groups -OCH3 is 2. The van der Waals surface area contributed by atoms with Crippen LogP contribution in [-0.2, 0) is 9.47 Å². The number of amides is 2. The van der Waals surface area contributed by atoms with E-state index in [2.05, 4.69) is 10.6 Å². The van der Waals surface area contributed by atoms with Gasteiger partial charge in [-0.15, -0.1) is 0 Å². The van der Waals surface area contributed by atoms with Gasteiger partial charge in [-0.05, 0) is 30.0 Å². The summed E-state index contributed by atoms with van der Waals surface area (Å²) in [5.41, 5.74) is -4.11. The lowest BCUT2D eigenvalue weighted by atomic mass is 10.3. The number of hydrogen-bond acceptors (Lipinski definition) is 4. The number of urea groups is 1. The quantitative estimate of drug-likeness (QED) is 0.624. The summed E-state index contributed by atoms with van der Waals surface area (Å²) in [7, 11) is 2.84. The summed E-state index contributed by atoms with van der Waals surface area (Å²) < 4.78 is 46.5. The van der Waals surface area contributed by atoms with Gasteiger partial charge < -0.3 is 20.1 Å². The van der Waals surface area contributed by atoms with Crippen molar-refractivity contribution >= 4 is 23.5 Å². The summed E-state index contributed by atoms with van der Waals surface area (Å²) in [6, 6.07) is 4.90. The molecule has 0 saturated heterocycles. The third kappa shape index (κ3) is 7.21. The summed E-state index contributed by atoms with van der Waals surface area (Å²) in [6.45, 7) is 0.107. The molecule has 0 fully saturated rings. The Morgan fingerprint density at radius 2 is 2.00 bits per heavy atom. The highest BCUT2D eigenvalue weighted by atomic mass is 32.2. The van der Waals surface area contributed by atoms with Crippen LogP contribution in [0.25, 0.3) is 0 Å². The van der Waals surface area contributed by atoms with Crippen molar-refractivity contribution in [1.82, 2.24) is 5.32 Å². The second-order valence-electron chi connectivity index (χ2n) is 3.81.